The number of methoxy groups -OCH3 is 1. The lowest BCUT2D eigenvalue weighted by Gasteiger charge is -2.20. The second-order valence-corrected chi connectivity index (χ2v) is 6.53. The van der Waals surface area contributed by atoms with Gasteiger partial charge in [0.25, 0.3) is 5.91 Å². The average molecular weight is 378 g/mol. The van der Waals surface area contributed by atoms with E-state index in [0.717, 1.165) is 27.8 Å². The lowest BCUT2D eigenvalue weighted by atomic mass is 9.90. The molecule has 3 aromatic rings. The van der Waals surface area contributed by atoms with E-state index >= 15 is 0 Å². The first-order valence-electron chi connectivity index (χ1n) is 9.19. The first-order valence-corrected chi connectivity index (χ1v) is 9.19. The summed E-state index contributed by atoms with van der Waals surface area (Å²) in [6.07, 6.45) is 3.37. The number of H-pyrrole nitrogens is 1. The van der Waals surface area contributed by atoms with Gasteiger partial charge in [0.2, 0.25) is 5.76 Å². The summed E-state index contributed by atoms with van der Waals surface area (Å²) in [7, 11) is 1.65. The number of benzene rings is 2. The smallest absolute Gasteiger partial charge is 0.289 e. The summed E-state index contributed by atoms with van der Waals surface area (Å²) < 4.78 is 15.8. The Kier molecular flexibility index (Phi) is 5.19. The molecule has 2 aromatic carbocycles. The van der Waals surface area contributed by atoms with Crippen molar-refractivity contribution in [2.75, 3.05) is 26.9 Å². The van der Waals surface area contributed by atoms with Gasteiger partial charge < -0.3 is 24.5 Å². The largest absolute Gasteiger partial charge is 0.497 e. The van der Waals surface area contributed by atoms with Crippen LogP contribution in [0, 0.1) is 0 Å². The van der Waals surface area contributed by atoms with Gasteiger partial charge in [-0.1, -0.05) is 30.3 Å². The number of carbonyl (C=O) groups excluding carboxylic acids is 1. The second kappa shape index (κ2) is 8.08. The van der Waals surface area contributed by atoms with Crippen molar-refractivity contribution in [1.82, 2.24) is 10.3 Å². The maximum absolute atomic E-state index is 12.5. The van der Waals surface area contributed by atoms with E-state index in [1.54, 1.807) is 7.11 Å². The maximum Gasteiger partial charge on any atom is 0.289 e. The molecule has 0 saturated heterocycles. The summed E-state index contributed by atoms with van der Waals surface area (Å²) in [6, 6.07) is 16.1. The molecule has 0 fully saturated rings. The van der Waals surface area contributed by atoms with E-state index in [4.69, 9.17) is 14.2 Å². The monoisotopic (exact) mass is 378 g/mol. The number of ether oxygens (including phenoxy) is 3. The van der Waals surface area contributed by atoms with Gasteiger partial charge in [-0.15, -0.1) is 0 Å². The molecule has 1 atom stereocenters. The molecule has 0 aliphatic carbocycles. The van der Waals surface area contributed by atoms with Crippen LogP contribution in [0.15, 0.2) is 66.7 Å². The van der Waals surface area contributed by atoms with Crippen LogP contribution in [0.1, 0.15) is 17.0 Å². The second-order valence-electron chi connectivity index (χ2n) is 6.53. The van der Waals surface area contributed by atoms with Crippen molar-refractivity contribution in [2.45, 2.75) is 5.92 Å². The normalized spacial score (nSPS) is 14.5. The summed E-state index contributed by atoms with van der Waals surface area (Å²) in [4.78, 5) is 15.8. The average Bonchev–Trinajstić information content (AvgIpc) is 3.19. The van der Waals surface area contributed by atoms with Crippen LogP contribution < -0.4 is 10.1 Å². The van der Waals surface area contributed by atoms with Gasteiger partial charge >= 0.3 is 0 Å². The third-order valence-electron chi connectivity index (χ3n) is 4.85. The van der Waals surface area contributed by atoms with Crippen LogP contribution in [0.4, 0.5) is 0 Å². The Bertz CT molecular complexity index is 991. The molecule has 0 spiro atoms. The summed E-state index contributed by atoms with van der Waals surface area (Å²) in [5.41, 5.74) is 3.27. The highest BCUT2D eigenvalue weighted by Gasteiger charge is 2.21. The van der Waals surface area contributed by atoms with Crippen molar-refractivity contribution in [3.05, 3.63) is 77.9 Å². The molecular formula is C22H22N2O4. The summed E-state index contributed by atoms with van der Waals surface area (Å²) in [5.74, 6) is 0.691. The predicted octanol–water partition coefficient (Wildman–Crippen LogP) is 3.31. The fraction of sp³-hybridized carbons (Fsp3) is 0.227. The molecule has 0 saturated carbocycles. The Balaban J connectivity index is 1.63. The first-order chi connectivity index (χ1) is 13.8. The van der Waals surface area contributed by atoms with Crippen molar-refractivity contribution in [3.8, 4) is 5.75 Å². The number of nitrogens with one attached hydrogen (secondary N) is 2. The number of amides is 1. The molecule has 0 radical (unpaired) electrons. The number of aromatic amines is 1. The summed E-state index contributed by atoms with van der Waals surface area (Å²) in [5, 5.41) is 4.11. The highest BCUT2D eigenvalue weighted by Crippen LogP contribution is 2.31. The van der Waals surface area contributed by atoms with Gasteiger partial charge in [-0.3, -0.25) is 4.79 Å². The Hall–Kier alpha value is -3.41. The predicted molar refractivity (Wildman–Crippen MR) is 106 cm³/mol. The van der Waals surface area contributed by atoms with E-state index in [2.05, 4.69) is 16.4 Å². The molecule has 0 bridgehead atoms. The molecule has 1 aliphatic heterocycles. The zero-order valence-corrected chi connectivity index (χ0v) is 15.6. The third-order valence-corrected chi connectivity index (χ3v) is 4.85. The molecule has 28 heavy (non-hydrogen) atoms. The van der Waals surface area contributed by atoms with Gasteiger partial charge in [-0.05, 0) is 29.3 Å². The van der Waals surface area contributed by atoms with Crippen LogP contribution in [0.5, 0.6) is 5.75 Å². The minimum atomic E-state index is -0.280. The van der Waals surface area contributed by atoms with Crippen LogP contribution in [0.2, 0.25) is 0 Å². The van der Waals surface area contributed by atoms with Crippen molar-refractivity contribution in [1.29, 1.82) is 0 Å². The third kappa shape index (κ3) is 3.67. The zero-order valence-electron chi connectivity index (χ0n) is 15.6. The van der Waals surface area contributed by atoms with E-state index in [1.807, 2.05) is 48.7 Å². The van der Waals surface area contributed by atoms with Gasteiger partial charge in [-0.2, -0.15) is 0 Å². The quantitative estimate of drug-likeness (QED) is 0.690. The fourth-order valence-electron chi connectivity index (χ4n) is 3.40. The Morgan fingerprint density at radius 2 is 2.00 bits per heavy atom. The number of aromatic nitrogens is 1. The van der Waals surface area contributed by atoms with E-state index in [1.165, 1.54) is 6.26 Å². The minimum absolute atomic E-state index is 0.0314. The lowest BCUT2D eigenvalue weighted by molar-refractivity contribution is -0.122. The van der Waals surface area contributed by atoms with E-state index < -0.39 is 0 Å². The molecule has 2 N–H and O–H groups in total. The lowest BCUT2D eigenvalue weighted by Crippen LogP contribution is -2.32. The fourth-order valence-corrected chi connectivity index (χ4v) is 3.40. The van der Waals surface area contributed by atoms with Crippen molar-refractivity contribution in [3.63, 3.8) is 0 Å². The molecule has 1 unspecified atom stereocenters. The number of para-hydroxylation sites is 1. The molecule has 144 valence electrons. The number of hydrogen-bond donors (Lipinski definition) is 2. The Morgan fingerprint density at radius 3 is 2.75 bits per heavy atom. The Labute approximate surface area is 163 Å². The van der Waals surface area contributed by atoms with Crippen molar-refractivity contribution < 1.29 is 19.0 Å². The van der Waals surface area contributed by atoms with Gasteiger partial charge in [0, 0.05) is 29.6 Å². The van der Waals surface area contributed by atoms with Gasteiger partial charge in [0.1, 0.15) is 25.2 Å². The molecule has 2 heterocycles. The number of hydrogen-bond acceptors (Lipinski definition) is 4. The molecule has 1 aromatic heterocycles. The summed E-state index contributed by atoms with van der Waals surface area (Å²) in [6.45, 7) is 1.26. The molecule has 6 nitrogen and oxygen atoms in total. The van der Waals surface area contributed by atoms with Crippen LogP contribution in [-0.2, 0) is 14.3 Å². The van der Waals surface area contributed by atoms with Gasteiger partial charge in [0.15, 0.2) is 0 Å². The van der Waals surface area contributed by atoms with Crippen LogP contribution in [-0.4, -0.2) is 37.8 Å². The van der Waals surface area contributed by atoms with Gasteiger partial charge in [0.05, 0.1) is 7.11 Å². The number of fused-ring (bicyclic) bond motifs is 1. The van der Waals surface area contributed by atoms with Gasteiger partial charge in [-0.25, -0.2) is 0 Å². The van der Waals surface area contributed by atoms with Crippen LogP contribution in [0.3, 0.4) is 0 Å². The van der Waals surface area contributed by atoms with Crippen molar-refractivity contribution >= 4 is 16.8 Å². The SMILES string of the molecule is COc1ccc(C(CNC(=O)C2=COCCO2)c2c[nH]c3ccccc23)cc1. The highest BCUT2D eigenvalue weighted by atomic mass is 16.6. The van der Waals surface area contributed by atoms with Crippen LogP contribution >= 0.6 is 0 Å². The first kappa shape index (κ1) is 18.0. The van der Waals surface area contributed by atoms with E-state index in [0.29, 0.717) is 19.8 Å². The molecule has 1 aliphatic rings. The van der Waals surface area contributed by atoms with Crippen molar-refractivity contribution in [2.24, 2.45) is 0 Å². The number of carbonyl (C=O) groups is 1. The van der Waals surface area contributed by atoms with E-state index in [-0.39, 0.29) is 17.6 Å². The molecular weight excluding hydrogens is 356 g/mol. The topological polar surface area (TPSA) is 72.6 Å². The zero-order chi connectivity index (χ0) is 19.3. The molecule has 1 amide bonds. The Morgan fingerprint density at radius 1 is 1.18 bits per heavy atom. The molecule has 4 rings (SSSR count). The number of rotatable bonds is 6. The minimum Gasteiger partial charge on any atom is -0.497 e. The maximum atomic E-state index is 12.5. The van der Waals surface area contributed by atoms with Crippen LogP contribution in [0.25, 0.3) is 10.9 Å². The molecule has 6 heteroatoms. The standard InChI is InChI=1S/C22H22N2O4/c1-26-16-8-6-15(7-9-16)18(12-24-22(25)21-14-27-10-11-28-21)19-13-23-20-5-3-2-4-17(19)20/h2-9,13-14,18,23H,10-12H2,1H3,(H,24,25). The summed E-state index contributed by atoms with van der Waals surface area (Å²) >= 11 is 0. The van der Waals surface area contributed by atoms with E-state index in [9.17, 15) is 4.79 Å². The highest BCUT2D eigenvalue weighted by molar-refractivity contribution is 5.91.